The number of aliphatic carboxylic acids is 1. The zero-order valence-corrected chi connectivity index (χ0v) is 11.0. The van der Waals surface area contributed by atoms with Crippen LogP contribution in [-0.2, 0) is 9.59 Å². The third-order valence-electron chi connectivity index (χ3n) is 4.78. The molecule has 104 valence electrons. The van der Waals surface area contributed by atoms with E-state index in [-0.39, 0.29) is 23.6 Å². The third kappa shape index (κ3) is 1.64. The van der Waals surface area contributed by atoms with Crippen molar-refractivity contribution in [3.63, 3.8) is 0 Å². The van der Waals surface area contributed by atoms with E-state index in [0.29, 0.717) is 0 Å². The van der Waals surface area contributed by atoms with Gasteiger partial charge in [-0.15, -0.1) is 0 Å². The Labute approximate surface area is 111 Å². The van der Waals surface area contributed by atoms with Crippen LogP contribution in [0.3, 0.4) is 0 Å². The molecule has 1 amide bonds. The van der Waals surface area contributed by atoms with E-state index in [4.69, 9.17) is 0 Å². The van der Waals surface area contributed by atoms with Crippen molar-refractivity contribution in [2.24, 2.45) is 11.8 Å². The molecule has 3 aliphatic rings. The summed E-state index contributed by atoms with van der Waals surface area (Å²) in [5.41, 5.74) is 1.14. The lowest BCUT2D eigenvalue weighted by Gasteiger charge is -2.47. The van der Waals surface area contributed by atoms with Crippen molar-refractivity contribution in [3.05, 3.63) is 11.3 Å². The number of hydrogen-bond acceptors (Lipinski definition) is 3. The molecule has 2 fully saturated rings. The molecule has 1 saturated heterocycles. The first kappa shape index (κ1) is 12.7. The second kappa shape index (κ2) is 4.34. The molecule has 0 aromatic rings. The number of aliphatic hydroxyl groups excluding tert-OH is 1. The molecule has 2 N–H and O–H groups in total. The summed E-state index contributed by atoms with van der Waals surface area (Å²) < 4.78 is 0. The second-order valence-corrected chi connectivity index (χ2v) is 5.85. The molecular formula is C14H19NO4. The first-order valence-corrected chi connectivity index (χ1v) is 7.01. The van der Waals surface area contributed by atoms with Crippen LogP contribution in [0.1, 0.15) is 39.0 Å². The van der Waals surface area contributed by atoms with Crippen molar-refractivity contribution in [3.8, 4) is 0 Å². The maximum Gasteiger partial charge on any atom is 0.352 e. The van der Waals surface area contributed by atoms with Crippen molar-refractivity contribution >= 4 is 11.9 Å². The van der Waals surface area contributed by atoms with Gasteiger partial charge in [0.05, 0.1) is 18.1 Å². The number of nitrogens with zero attached hydrogens (tertiary/aromatic N) is 1. The van der Waals surface area contributed by atoms with Crippen molar-refractivity contribution in [1.29, 1.82) is 0 Å². The quantitative estimate of drug-likeness (QED) is 0.734. The van der Waals surface area contributed by atoms with Crippen LogP contribution in [0, 0.1) is 11.8 Å². The topological polar surface area (TPSA) is 77.8 Å². The molecule has 2 heterocycles. The van der Waals surface area contributed by atoms with Crippen LogP contribution in [-0.4, -0.2) is 39.1 Å². The molecule has 1 aliphatic carbocycles. The minimum absolute atomic E-state index is 0.119. The molecular weight excluding hydrogens is 246 g/mol. The van der Waals surface area contributed by atoms with E-state index in [2.05, 4.69) is 0 Å². The van der Waals surface area contributed by atoms with Crippen LogP contribution in [0.4, 0.5) is 0 Å². The summed E-state index contributed by atoms with van der Waals surface area (Å²) in [4.78, 5) is 25.0. The average molecular weight is 265 g/mol. The van der Waals surface area contributed by atoms with Crippen molar-refractivity contribution in [1.82, 2.24) is 4.90 Å². The smallest absolute Gasteiger partial charge is 0.352 e. The maximum absolute atomic E-state index is 12.1. The molecule has 3 rings (SSSR count). The largest absolute Gasteiger partial charge is 0.477 e. The molecule has 19 heavy (non-hydrogen) atoms. The van der Waals surface area contributed by atoms with Gasteiger partial charge in [0.2, 0.25) is 5.91 Å². The molecule has 2 aliphatic heterocycles. The first-order chi connectivity index (χ1) is 9.04. The van der Waals surface area contributed by atoms with Crippen molar-refractivity contribution < 1.29 is 19.8 Å². The van der Waals surface area contributed by atoms with E-state index in [1.165, 1.54) is 4.90 Å². The minimum Gasteiger partial charge on any atom is -0.477 e. The fourth-order valence-electron chi connectivity index (χ4n) is 4.00. The Bertz CT molecular complexity index is 468. The molecule has 0 bridgehead atoms. The van der Waals surface area contributed by atoms with E-state index in [9.17, 15) is 19.8 Å². The van der Waals surface area contributed by atoms with E-state index >= 15 is 0 Å². The van der Waals surface area contributed by atoms with Gasteiger partial charge in [0, 0.05) is 5.92 Å². The fraction of sp³-hybridized carbons (Fsp3) is 0.714. The Morgan fingerprint density at radius 2 is 2.11 bits per heavy atom. The maximum atomic E-state index is 12.1. The predicted octanol–water partition coefficient (Wildman–Crippen LogP) is 1.13. The molecule has 0 aromatic carbocycles. The Morgan fingerprint density at radius 3 is 2.74 bits per heavy atom. The average Bonchev–Trinajstić information content (AvgIpc) is 2.48. The number of fused-ring (bicyclic) bond motifs is 3. The standard InChI is InChI=1S/C14H19NO4/c1-7(16)10-11-8-5-3-2-4-6-9(8)12(14(18)19)15(11)13(10)17/h7-8,10-11,16H,2-6H2,1H3,(H,18,19)/t7-,8-,10-,11-/m1/s1. The van der Waals surface area contributed by atoms with E-state index < -0.39 is 18.0 Å². The summed E-state index contributed by atoms with van der Waals surface area (Å²) >= 11 is 0. The summed E-state index contributed by atoms with van der Waals surface area (Å²) in [6, 6.07) is -0.119. The van der Waals surface area contributed by atoms with Crippen LogP contribution in [0.15, 0.2) is 11.3 Å². The van der Waals surface area contributed by atoms with Gasteiger partial charge in [0.15, 0.2) is 0 Å². The predicted molar refractivity (Wildman–Crippen MR) is 67.0 cm³/mol. The van der Waals surface area contributed by atoms with E-state index in [1.54, 1.807) is 6.92 Å². The van der Waals surface area contributed by atoms with Gasteiger partial charge in [-0.3, -0.25) is 4.79 Å². The van der Waals surface area contributed by atoms with Gasteiger partial charge in [-0.1, -0.05) is 12.8 Å². The Hall–Kier alpha value is -1.36. The van der Waals surface area contributed by atoms with Gasteiger partial charge in [0.1, 0.15) is 5.70 Å². The highest BCUT2D eigenvalue weighted by Gasteiger charge is 2.60. The zero-order valence-electron chi connectivity index (χ0n) is 11.0. The van der Waals surface area contributed by atoms with Crippen molar-refractivity contribution in [2.75, 3.05) is 0 Å². The number of carbonyl (C=O) groups excluding carboxylic acids is 1. The second-order valence-electron chi connectivity index (χ2n) is 5.85. The van der Waals surface area contributed by atoms with Gasteiger partial charge in [0.25, 0.3) is 0 Å². The van der Waals surface area contributed by atoms with Crippen molar-refractivity contribution in [2.45, 2.75) is 51.2 Å². The lowest BCUT2D eigenvalue weighted by Crippen LogP contribution is -2.63. The highest BCUT2D eigenvalue weighted by Crippen LogP contribution is 2.51. The van der Waals surface area contributed by atoms with Gasteiger partial charge in [-0.05, 0) is 31.8 Å². The van der Waals surface area contributed by atoms with Crippen LogP contribution in [0.2, 0.25) is 0 Å². The van der Waals surface area contributed by atoms with E-state index in [0.717, 1.165) is 37.7 Å². The summed E-state index contributed by atoms with van der Waals surface area (Å²) in [7, 11) is 0. The highest BCUT2D eigenvalue weighted by atomic mass is 16.4. The van der Waals surface area contributed by atoms with Gasteiger partial charge >= 0.3 is 5.97 Å². The minimum atomic E-state index is -0.998. The number of carboxylic acid groups (broad SMARTS) is 1. The third-order valence-corrected chi connectivity index (χ3v) is 4.78. The number of amides is 1. The molecule has 0 aromatic heterocycles. The Balaban J connectivity index is 2.01. The summed E-state index contributed by atoms with van der Waals surface area (Å²) in [5.74, 6) is -1.50. The van der Waals surface area contributed by atoms with Gasteiger partial charge < -0.3 is 15.1 Å². The zero-order chi connectivity index (χ0) is 13.7. The molecule has 1 saturated carbocycles. The fourth-order valence-corrected chi connectivity index (χ4v) is 4.00. The number of carboxylic acids is 1. The highest BCUT2D eigenvalue weighted by molar-refractivity contribution is 6.00. The first-order valence-electron chi connectivity index (χ1n) is 7.01. The summed E-state index contributed by atoms with van der Waals surface area (Å²) in [6.45, 7) is 1.62. The van der Waals surface area contributed by atoms with Crippen LogP contribution < -0.4 is 0 Å². The number of aliphatic hydroxyl groups is 1. The van der Waals surface area contributed by atoms with Gasteiger partial charge in [-0.2, -0.15) is 0 Å². The number of carbonyl (C=O) groups is 2. The Morgan fingerprint density at radius 1 is 1.37 bits per heavy atom. The lowest BCUT2D eigenvalue weighted by atomic mass is 9.75. The monoisotopic (exact) mass is 265 g/mol. The van der Waals surface area contributed by atoms with Crippen LogP contribution in [0.5, 0.6) is 0 Å². The SMILES string of the molecule is C[C@@H](O)[C@H]1C(=O)N2C(C(=O)O)=C3CCCCC[C@H]3[C@H]12. The van der Waals surface area contributed by atoms with Crippen LogP contribution >= 0.6 is 0 Å². The molecule has 0 spiro atoms. The van der Waals surface area contributed by atoms with Gasteiger partial charge in [-0.25, -0.2) is 4.79 Å². The Kier molecular flexibility index (Phi) is 2.89. The number of β-lactam (4-membered cyclic amide) rings is 1. The molecule has 5 heteroatoms. The summed E-state index contributed by atoms with van der Waals surface area (Å²) in [6.07, 6.45) is 4.20. The summed E-state index contributed by atoms with van der Waals surface area (Å²) in [5, 5.41) is 19.2. The number of hydrogen-bond donors (Lipinski definition) is 2. The lowest BCUT2D eigenvalue weighted by molar-refractivity contribution is -0.163. The van der Waals surface area contributed by atoms with Crippen LogP contribution in [0.25, 0.3) is 0 Å². The molecule has 0 radical (unpaired) electrons. The normalized spacial score (nSPS) is 35.4. The molecule has 4 atom stereocenters. The number of rotatable bonds is 2. The van der Waals surface area contributed by atoms with E-state index in [1.807, 2.05) is 0 Å². The molecule has 5 nitrogen and oxygen atoms in total. The molecule has 0 unspecified atom stereocenters.